The molecular weight excluding hydrogens is 428 g/mol. The average molecular weight is 454 g/mol. The Kier molecular flexibility index (Phi) is 10.3. The van der Waals surface area contributed by atoms with Gasteiger partial charge in [0.25, 0.3) is 0 Å². The van der Waals surface area contributed by atoms with Gasteiger partial charge in [-0.3, -0.25) is 28.8 Å². The first-order chi connectivity index (χ1) is 15.0. The van der Waals surface area contributed by atoms with Crippen molar-refractivity contribution in [3.05, 3.63) is 18.2 Å². The number of rotatable bonds is 14. The summed E-state index contributed by atoms with van der Waals surface area (Å²) < 4.78 is 0. The van der Waals surface area contributed by atoms with Crippen LogP contribution in [0, 0.1) is 0 Å². The topological polar surface area (TPSA) is 265 Å². The van der Waals surface area contributed by atoms with Crippen molar-refractivity contribution in [1.29, 1.82) is 0 Å². The van der Waals surface area contributed by atoms with Crippen LogP contribution in [0.5, 0.6) is 0 Å². The fourth-order valence-electron chi connectivity index (χ4n) is 2.53. The van der Waals surface area contributed by atoms with Crippen LogP contribution < -0.4 is 33.2 Å². The number of carboxylic acids is 1. The number of amides is 5. The minimum absolute atomic E-state index is 0.0832. The number of nitrogens with zero attached hydrogens (tertiary/aromatic N) is 1. The number of nitrogens with two attached hydrogens (primary N) is 3. The lowest BCUT2D eigenvalue weighted by Gasteiger charge is -2.23. The zero-order valence-electron chi connectivity index (χ0n) is 17.0. The lowest BCUT2D eigenvalue weighted by atomic mass is 10.1. The van der Waals surface area contributed by atoms with Crippen molar-refractivity contribution in [2.45, 2.75) is 43.8 Å². The van der Waals surface area contributed by atoms with Gasteiger partial charge in [-0.05, 0) is 6.42 Å². The lowest BCUT2D eigenvalue weighted by Crippen LogP contribution is -2.57. The molecule has 0 aromatic carbocycles. The predicted octanol–water partition coefficient (Wildman–Crippen LogP) is -4.41. The minimum atomic E-state index is -1.31. The molecule has 5 amide bonds. The number of aromatic nitrogens is 2. The molecule has 0 spiro atoms. The van der Waals surface area contributed by atoms with Gasteiger partial charge in [0.15, 0.2) is 0 Å². The monoisotopic (exact) mass is 454 g/mol. The van der Waals surface area contributed by atoms with Gasteiger partial charge in [0.05, 0.1) is 18.8 Å². The number of primary amides is 2. The Morgan fingerprint density at radius 2 is 1.66 bits per heavy atom. The van der Waals surface area contributed by atoms with Gasteiger partial charge in [-0.2, -0.15) is 0 Å². The first-order valence-corrected chi connectivity index (χ1v) is 9.39. The maximum atomic E-state index is 12.8. The van der Waals surface area contributed by atoms with Crippen LogP contribution in [0.15, 0.2) is 12.5 Å². The van der Waals surface area contributed by atoms with Gasteiger partial charge in [-0.15, -0.1) is 0 Å². The van der Waals surface area contributed by atoms with E-state index in [1.807, 2.05) is 0 Å². The van der Waals surface area contributed by atoms with Crippen molar-refractivity contribution in [1.82, 2.24) is 25.9 Å². The summed E-state index contributed by atoms with van der Waals surface area (Å²) in [4.78, 5) is 76.7. The van der Waals surface area contributed by atoms with Gasteiger partial charge in [-0.1, -0.05) is 0 Å². The molecule has 0 aliphatic carbocycles. The van der Waals surface area contributed by atoms with Crippen LogP contribution in [0.1, 0.15) is 25.0 Å². The average Bonchev–Trinajstić information content (AvgIpc) is 3.20. The summed E-state index contributed by atoms with van der Waals surface area (Å²) in [7, 11) is 0. The molecule has 15 heteroatoms. The number of carbonyl (C=O) groups excluding carboxylic acids is 5. The van der Waals surface area contributed by atoms with Crippen molar-refractivity contribution in [3.63, 3.8) is 0 Å². The molecule has 1 aromatic heterocycles. The van der Waals surface area contributed by atoms with E-state index >= 15 is 0 Å². The van der Waals surface area contributed by atoms with E-state index in [1.54, 1.807) is 0 Å². The van der Waals surface area contributed by atoms with Gasteiger partial charge in [0, 0.05) is 24.7 Å². The van der Waals surface area contributed by atoms with Crippen LogP contribution in [0.2, 0.25) is 0 Å². The predicted molar refractivity (Wildman–Crippen MR) is 107 cm³/mol. The highest BCUT2D eigenvalue weighted by atomic mass is 16.4. The normalized spacial score (nSPS) is 13.3. The second-order valence-electron chi connectivity index (χ2n) is 6.80. The number of aliphatic carboxylic acids is 1. The maximum absolute atomic E-state index is 12.8. The van der Waals surface area contributed by atoms with E-state index in [-0.39, 0.29) is 19.3 Å². The summed E-state index contributed by atoms with van der Waals surface area (Å²) in [6.45, 7) is -0.710. The molecule has 15 nitrogen and oxygen atoms in total. The van der Waals surface area contributed by atoms with Crippen molar-refractivity contribution in [2.24, 2.45) is 17.2 Å². The van der Waals surface area contributed by atoms with Gasteiger partial charge in [0.1, 0.15) is 18.6 Å². The Morgan fingerprint density at radius 1 is 1.00 bits per heavy atom. The minimum Gasteiger partial charge on any atom is -0.480 e. The smallest absolute Gasteiger partial charge is 0.322 e. The highest BCUT2D eigenvalue weighted by molar-refractivity contribution is 5.95. The Bertz CT molecular complexity index is 842. The van der Waals surface area contributed by atoms with E-state index in [4.69, 9.17) is 22.3 Å². The molecule has 0 saturated heterocycles. The van der Waals surface area contributed by atoms with E-state index < -0.39 is 66.6 Å². The summed E-state index contributed by atoms with van der Waals surface area (Å²) in [5, 5.41) is 15.5. The van der Waals surface area contributed by atoms with Gasteiger partial charge < -0.3 is 43.2 Å². The van der Waals surface area contributed by atoms with Crippen molar-refractivity contribution < 1.29 is 33.9 Å². The largest absolute Gasteiger partial charge is 0.480 e. The highest BCUT2D eigenvalue weighted by Crippen LogP contribution is 2.04. The first-order valence-electron chi connectivity index (χ1n) is 9.39. The summed E-state index contributed by atoms with van der Waals surface area (Å²) in [5.41, 5.74) is 16.2. The molecule has 11 N–H and O–H groups in total. The molecule has 32 heavy (non-hydrogen) atoms. The summed E-state index contributed by atoms with van der Waals surface area (Å²) >= 11 is 0. The third-order valence-electron chi connectivity index (χ3n) is 4.10. The number of carboxylic acid groups (broad SMARTS) is 1. The Balaban J connectivity index is 2.97. The third-order valence-corrected chi connectivity index (χ3v) is 4.10. The zero-order chi connectivity index (χ0) is 24.3. The number of imidazole rings is 1. The van der Waals surface area contributed by atoms with Gasteiger partial charge in [0.2, 0.25) is 29.5 Å². The number of aromatic amines is 1. The number of nitrogens with one attached hydrogen (secondary N) is 4. The Morgan fingerprint density at radius 3 is 2.19 bits per heavy atom. The van der Waals surface area contributed by atoms with Crippen molar-refractivity contribution in [3.8, 4) is 0 Å². The molecular formula is C17H26N8O7. The van der Waals surface area contributed by atoms with E-state index in [1.165, 1.54) is 12.5 Å². The summed E-state index contributed by atoms with van der Waals surface area (Å²) in [6, 6.07) is -3.88. The lowest BCUT2D eigenvalue weighted by molar-refractivity contribution is -0.138. The molecule has 1 rings (SSSR count). The fraction of sp³-hybridized carbons (Fsp3) is 0.471. The second kappa shape index (κ2) is 12.6. The SMILES string of the molecule is NC(=O)CCC(NC(=O)C(Cc1cnc[nH]1)NC(=O)C(N)CC(N)=O)C(=O)NCC(=O)O. The standard InChI is InChI=1S/C17H26N8O7/c18-9(4-13(20)27)15(30)25-11(3-8-5-21-7-23-8)17(32)24-10(1-2-12(19)26)16(31)22-6-14(28)29/h5,7,9-11H,1-4,6,18H2,(H2,19,26)(H2,20,27)(H,21,23)(H,22,31)(H,24,32)(H,25,30)(H,28,29). The van der Waals surface area contributed by atoms with E-state index in [9.17, 15) is 28.8 Å². The van der Waals surface area contributed by atoms with E-state index in [0.29, 0.717) is 5.69 Å². The van der Waals surface area contributed by atoms with Gasteiger partial charge in [-0.25, -0.2) is 4.98 Å². The molecule has 0 fully saturated rings. The van der Waals surface area contributed by atoms with Crippen LogP contribution in [0.25, 0.3) is 0 Å². The fourth-order valence-corrected chi connectivity index (χ4v) is 2.53. The highest BCUT2D eigenvalue weighted by Gasteiger charge is 2.29. The molecule has 3 unspecified atom stereocenters. The molecule has 1 aromatic rings. The molecule has 0 radical (unpaired) electrons. The second-order valence-corrected chi connectivity index (χ2v) is 6.80. The molecule has 0 saturated carbocycles. The molecule has 176 valence electrons. The molecule has 1 heterocycles. The first kappa shape index (κ1) is 26.0. The van der Waals surface area contributed by atoms with Crippen LogP contribution in [-0.4, -0.2) is 75.2 Å². The van der Waals surface area contributed by atoms with Crippen molar-refractivity contribution >= 4 is 35.5 Å². The molecule has 0 aliphatic heterocycles. The van der Waals surface area contributed by atoms with Crippen LogP contribution in [-0.2, 0) is 35.2 Å². The Hall–Kier alpha value is -4.01. The van der Waals surface area contributed by atoms with Crippen LogP contribution in [0.4, 0.5) is 0 Å². The number of H-pyrrole nitrogens is 1. The third kappa shape index (κ3) is 9.66. The molecule has 0 aliphatic rings. The van der Waals surface area contributed by atoms with E-state index in [0.717, 1.165) is 0 Å². The molecule has 3 atom stereocenters. The maximum Gasteiger partial charge on any atom is 0.322 e. The van der Waals surface area contributed by atoms with Crippen LogP contribution >= 0.6 is 0 Å². The number of hydrogen-bond donors (Lipinski definition) is 8. The number of carbonyl (C=O) groups is 6. The Labute approximate surface area is 181 Å². The summed E-state index contributed by atoms with van der Waals surface area (Å²) in [5.74, 6) is -5.41. The van der Waals surface area contributed by atoms with Crippen molar-refractivity contribution in [2.75, 3.05) is 6.54 Å². The summed E-state index contributed by atoms with van der Waals surface area (Å²) in [6.07, 6.45) is 1.73. The van der Waals surface area contributed by atoms with Gasteiger partial charge >= 0.3 is 5.97 Å². The number of hydrogen-bond acceptors (Lipinski definition) is 8. The van der Waals surface area contributed by atoms with E-state index in [2.05, 4.69) is 25.9 Å². The zero-order valence-corrected chi connectivity index (χ0v) is 17.0. The molecule has 0 bridgehead atoms. The van der Waals surface area contributed by atoms with Crippen LogP contribution in [0.3, 0.4) is 0 Å². The quantitative estimate of drug-likeness (QED) is 0.135.